The summed E-state index contributed by atoms with van der Waals surface area (Å²) < 4.78 is 16.7. The second-order valence-corrected chi connectivity index (χ2v) is 21.3. The lowest BCUT2D eigenvalue weighted by molar-refractivity contribution is -0.166. The van der Waals surface area contributed by atoms with Crippen molar-refractivity contribution in [1.82, 2.24) is 0 Å². The highest BCUT2D eigenvalue weighted by Crippen LogP contribution is 2.17. The Morgan fingerprint density at radius 2 is 0.500 bits per heavy atom. The second-order valence-electron chi connectivity index (χ2n) is 21.3. The van der Waals surface area contributed by atoms with Gasteiger partial charge in [-0.3, -0.25) is 14.4 Å². The zero-order chi connectivity index (χ0) is 56.4. The van der Waals surface area contributed by atoms with Gasteiger partial charge in [-0.2, -0.15) is 0 Å². The van der Waals surface area contributed by atoms with Crippen molar-refractivity contribution < 1.29 is 28.6 Å². The van der Waals surface area contributed by atoms with Crippen LogP contribution in [0.4, 0.5) is 0 Å². The van der Waals surface area contributed by atoms with Crippen LogP contribution in [-0.2, 0) is 28.6 Å². The first-order valence-corrected chi connectivity index (χ1v) is 32.5. The molecule has 1 atom stereocenters. The molecule has 0 bridgehead atoms. The number of unbranched alkanes of at least 4 members (excludes halogenated alkanes) is 29. The zero-order valence-corrected chi connectivity index (χ0v) is 50.9. The molecule has 0 aliphatic carbocycles. The largest absolute Gasteiger partial charge is 0.462 e. The van der Waals surface area contributed by atoms with Gasteiger partial charge in [0.05, 0.1) is 12.8 Å². The Kier molecular flexibility index (Phi) is 61.8. The third kappa shape index (κ3) is 62.7. The maximum Gasteiger partial charge on any atom is 0.310 e. The number of allylic oxidation sites excluding steroid dienone is 18. The minimum Gasteiger partial charge on any atom is -0.462 e. The Labute approximate surface area is 482 Å². The Morgan fingerprint density at radius 1 is 0.269 bits per heavy atom. The van der Waals surface area contributed by atoms with E-state index in [9.17, 15) is 14.4 Å². The van der Waals surface area contributed by atoms with E-state index in [1.54, 1.807) is 12.2 Å². The van der Waals surface area contributed by atoms with Gasteiger partial charge in [0.2, 0.25) is 0 Å². The van der Waals surface area contributed by atoms with Gasteiger partial charge in [-0.1, -0.05) is 328 Å². The molecule has 0 spiro atoms. The van der Waals surface area contributed by atoms with Crippen LogP contribution < -0.4 is 0 Å². The van der Waals surface area contributed by atoms with E-state index >= 15 is 0 Å². The van der Waals surface area contributed by atoms with Gasteiger partial charge in [0.15, 0.2) is 6.10 Å². The standard InChI is InChI=1S/C72H120O6/c1-4-7-10-13-16-19-22-25-28-29-30-31-32-33-34-35-36-37-38-39-40-41-42-45-47-50-53-56-59-62-65-71(74)77-68-69(78-72(75)66-63-60-57-54-51-48-44-27-24-21-18-15-12-9-6-3)67-76-70(73)64-61-58-55-52-49-46-43-26-23-20-17-14-11-8-5-2/h8-9,11-12,17-18,20-21,26-27,43-44,49,51-52,54,58,60-61,63,69H,4-7,10,13-16,19,22-25,28-42,45-48,50,53,55-57,59,62,64-68H2,1-3H3/b11-8-,12-9-,20-17-,21-18-,43-26-,44-27-,52-49-,54-51-,61-58-,63-60-. The SMILES string of the molecule is CC/C=C\C/C=C\C/C=C\C/C=C\C/C=C\CC(=O)OCC(COC(=O)CCCCCCCCCCCCCCCCCCCCCCCCCCCCCCCC)OC(=O)C/C=C\C/C=C\C/C=C\C/C=C\C/C=C\CC. The van der Waals surface area contributed by atoms with Crippen molar-refractivity contribution in [3.8, 4) is 0 Å². The Hall–Kier alpha value is -4.19. The summed E-state index contributed by atoms with van der Waals surface area (Å²) >= 11 is 0. The van der Waals surface area contributed by atoms with Crippen molar-refractivity contribution in [3.05, 3.63) is 122 Å². The molecule has 0 saturated heterocycles. The summed E-state index contributed by atoms with van der Waals surface area (Å²) in [5.74, 6) is -1.21. The molecular weight excluding hydrogens is 961 g/mol. The fourth-order valence-electron chi connectivity index (χ4n) is 9.01. The highest BCUT2D eigenvalue weighted by Gasteiger charge is 2.19. The normalized spacial score (nSPS) is 12.9. The number of hydrogen-bond donors (Lipinski definition) is 0. The van der Waals surface area contributed by atoms with Crippen LogP contribution in [0.1, 0.15) is 297 Å². The van der Waals surface area contributed by atoms with Gasteiger partial charge >= 0.3 is 17.9 Å². The summed E-state index contributed by atoms with van der Waals surface area (Å²) in [6.45, 7) is 6.26. The van der Waals surface area contributed by atoms with Crippen LogP contribution in [0.25, 0.3) is 0 Å². The highest BCUT2D eigenvalue weighted by molar-refractivity contribution is 5.72. The average Bonchev–Trinajstić information content (AvgIpc) is 3.44. The lowest BCUT2D eigenvalue weighted by atomic mass is 10.0. The van der Waals surface area contributed by atoms with E-state index in [1.165, 1.54) is 173 Å². The summed E-state index contributed by atoms with van der Waals surface area (Å²) in [6, 6.07) is 0. The van der Waals surface area contributed by atoms with Crippen molar-refractivity contribution in [1.29, 1.82) is 0 Å². The number of hydrogen-bond acceptors (Lipinski definition) is 6. The molecule has 0 aliphatic rings. The molecule has 0 amide bonds. The van der Waals surface area contributed by atoms with Crippen molar-refractivity contribution in [2.75, 3.05) is 13.2 Å². The van der Waals surface area contributed by atoms with Crippen LogP contribution >= 0.6 is 0 Å². The molecule has 1 unspecified atom stereocenters. The quantitative estimate of drug-likeness (QED) is 0.0261. The fourth-order valence-corrected chi connectivity index (χ4v) is 9.01. The lowest BCUT2D eigenvalue weighted by Crippen LogP contribution is -2.30. The fraction of sp³-hybridized carbons (Fsp3) is 0.681. The monoisotopic (exact) mass is 1080 g/mol. The molecule has 0 aromatic carbocycles. The Morgan fingerprint density at radius 3 is 0.782 bits per heavy atom. The summed E-state index contributed by atoms with van der Waals surface area (Å²) in [7, 11) is 0. The molecule has 0 radical (unpaired) electrons. The van der Waals surface area contributed by atoms with E-state index in [-0.39, 0.29) is 32.0 Å². The molecule has 0 N–H and O–H groups in total. The first-order valence-electron chi connectivity index (χ1n) is 32.5. The van der Waals surface area contributed by atoms with Gasteiger partial charge in [0.1, 0.15) is 13.2 Å². The van der Waals surface area contributed by atoms with E-state index in [1.807, 2.05) is 12.2 Å². The number of esters is 3. The summed E-state index contributed by atoms with van der Waals surface area (Å²) in [4.78, 5) is 38.1. The molecule has 78 heavy (non-hydrogen) atoms. The van der Waals surface area contributed by atoms with Gasteiger partial charge in [0.25, 0.3) is 0 Å². The third-order valence-corrected chi connectivity index (χ3v) is 13.8. The first-order chi connectivity index (χ1) is 38.5. The second kappa shape index (κ2) is 65.3. The molecule has 0 rings (SSSR count). The van der Waals surface area contributed by atoms with Crippen LogP contribution in [0, 0.1) is 0 Å². The van der Waals surface area contributed by atoms with Gasteiger partial charge in [0, 0.05) is 6.42 Å². The van der Waals surface area contributed by atoms with Gasteiger partial charge < -0.3 is 14.2 Å². The maximum absolute atomic E-state index is 12.8. The van der Waals surface area contributed by atoms with Crippen molar-refractivity contribution >= 4 is 17.9 Å². The molecule has 0 aliphatic heterocycles. The van der Waals surface area contributed by atoms with E-state index in [2.05, 4.69) is 118 Å². The van der Waals surface area contributed by atoms with E-state index < -0.39 is 18.0 Å². The predicted octanol–water partition coefficient (Wildman–Crippen LogP) is 22.4. The topological polar surface area (TPSA) is 78.9 Å². The van der Waals surface area contributed by atoms with Crippen LogP contribution in [0.5, 0.6) is 0 Å². The summed E-state index contributed by atoms with van der Waals surface area (Å²) in [5, 5.41) is 0. The molecule has 0 heterocycles. The minimum absolute atomic E-state index is 0.0750. The van der Waals surface area contributed by atoms with Crippen LogP contribution in [-0.4, -0.2) is 37.2 Å². The molecule has 0 saturated carbocycles. The van der Waals surface area contributed by atoms with Crippen molar-refractivity contribution in [3.63, 3.8) is 0 Å². The Bertz CT molecular complexity index is 1620. The summed E-state index contributed by atoms with van der Waals surface area (Å²) in [6.07, 6.45) is 91.5. The van der Waals surface area contributed by atoms with E-state index in [0.717, 1.165) is 77.0 Å². The van der Waals surface area contributed by atoms with Crippen LogP contribution in [0.2, 0.25) is 0 Å². The summed E-state index contributed by atoms with van der Waals surface area (Å²) in [5.41, 5.74) is 0. The number of carbonyl (C=O) groups excluding carboxylic acids is 3. The third-order valence-electron chi connectivity index (χ3n) is 13.8. The highest BCUT2D eigenvalue weighted by atomic mass is 16.6. The van der Waals surface area contributed by atoms with Crippen LogP contribution in [0.3, 0.4) is 0 Å². The van der Waals surface area contributed by atoms with E-state index in [0.29, 0.717) is 12.8 Å². The minimum atomic E-state index is -0.875. The molecule has 444 valence electrons. The van der Waals surface area contributed by atoms with Crippen molar-refractivity contribution in [2.24, 2.45) is 0 Å². The van der Waals surface area contributed by atoms with Gasteiger partial charge in [-0.15, -0.1) is 0 Å². The van der Waals surface area contributed by atoms with Crippen molar-refractivity contribution in [2.45, 2.75) is 303 Å². The molecule has 6 nitrogen and oxygen atoms in total. The number of ether oxygens (including phenoxy) is 3. The average molecular weight is 1080 g/mol. The van der Waals surface area contributed by atoms with Crippen LogP contribution in [0.15, 0.2) is 122 Å². The number of rotatable bonds is 58. The Balaban J connectivity index is 4.31. The molecule has 0 aromatic heterocycles. The first kappa shape index (κ1) is 73.8. The molecular formula is C72H120O6. The zero-order valence-electron chi connectivity index (χ0n) is 50.9. The van der Waals surface area contributed by atoms with Gasteiger partial charge in [-0.25, -0.2) is 0 Å². The molecule has 6 heteroatoms. The van der Waals surface area contributed by atoms with Gasteiger partial charge in [-0.05, 0) is 70.6 Å². The maximum atomic E-state index is 12.8. The van der Waals surface area contributed by atoms with E-state index in [4.69, 9.17) is 14.2 Å². The molecule has 0 aromatic rings. The predicted molar refractivity (Wildman–Crippen MR) is 339 cm³/mol. The smallest absolute Gasteiger partial charge is 0.310 e. The number of carbonyl (C=O) groups is 3. The lowest BCUT2D eigenvalue weighted by Gasteiger charge is -2.17. The molecule has 0 fully saturated rings.